The molecule has 1 heteroatoms. The molecule has 1 radical (unpaired) electrons. The smallest absolute Gasteiger partial charge is 0.343 e. The summed E-state index contributed by atoms with van der Waals surface area (Å²) in [6.45, 7) is 6.16. The second-order valence-corrected chi connectivity index (χ2v) is 5.10. The monoisotopic (exact) mass is 327 g/mol. The van der Waals surface area contributed by atoms with Gasteiger partial charge in [-0.15, -0.1) is 0 Å². The minimum atomic E-state index is 0. The summed E-state index contributed by atoms with van der Waals surface area (Å²) in [6, 6.07) is 0. The molecule has 0 amide bonds. The van der Waals surface area contributed by atoms with Crippen LogP contribution in [-0.4, -0.2) is 0 Å². The van der Waals surface area contributed by atoms with Crippen molar-refractivity contribution in [2.45, 2.75) is 96.8 Å². The summed E-state index contributed by atoms with van der Waals surface area (Å²) >= 11 is 0. The molecular formula is C16H33Ru. The van der Waals surface area contributed by atoms with Crippen LogP contribution in [0.25, 0.3) is 0 Å². The van der Waals surface area contributed by atoms with Gasteiger partial charge in [-0.05, 0) is 0 Å². The number of hydrogen-bond donors (Lipinski definition) is 0. The summed E-state index contributed by atoms with van der Waals surface area (Å²) in [4.78, 5) is 0. The van der Waals surface area contributed by atoms with E-state index in [1.165, 1.54) is 83.5 Å². The van der Waals surface area contributed by atoms with Crippen LogP contribution in [0.4, 0.5) is 0 Å². The Labute approximate surface area is 123 Å². The van der Waals surface area contributed by atoms with E-state index in [1.807, 2.05) is 0 Å². The average molecular weight is 327 g/mol. The summed E-state index contributed by atoms with van der Waals surface area (Å²) in [5.41, 5.74) is 0. The van der Waals surface area contributed by atoms with E-state index in [1.54, 1.807) is 0 Å². The fourth-order valence-electron chi connectivity index (χ4n) is 2.19. The van der Waals surface area contributed by atoms with E-state index in [0.717, 1.165) is 6.42 Å². The van der Waals surface area contributed by atoms with Gasteiger partial charge < -0.3 is 6.92 Å². The SMILES string of the molecule is [CH2-]CCCCCCCCCCCCCCC.[Ru+]. The van der Waals surface area contributed by atoms with Gasteiger partial charge in [0.1, 0.15) is 0 Å². The fraction of sp³-hybridized carbons (Fsp3) is 0.938. The molecule has 0 aromatic heterocycles. The predicted molar refractivity (Wildman–Crippen MR) is 75.7 cm³/mol. The maximum absolute atomic E-state index is 3.87. The zero-order valence-corrected chi connectivity index (χ0v) is 13.7. The largest absolute Gasteiger partial charge is 1.00 e. The zero-order chi connectivity index (χ0) is 11.9. The molecule has 0 bridgehead atoms. The quantitative estimate of drug-likeness (QED) is 0.212. The van der Waals surface area contributed by atoms with Gasteiger partial charge in [-0.2, -0.15) is 6.42 Å². The van der Waals surface area contributed by atoms with Gasteiger partial charge in [-0.1, -0.05) is 90.4 Å². The van der Waals surface area contributed by atoms with Crippen molar-refractivity contribution in [3.63, 3.8) is 0 Å². The Kier molecular flexibility index (Phi) is 22.3. The first-order valence-corrected chi connectivity index (χ1v) is 7.71. The van der Waals surface area contributed by atoms with E-state index < -0.39 is 0 Å². The second kappa shape index (κ2) is 19.0. The van der Waals surface area contributed by atoms with Crippen LogP contribution in [0.3, 0.4) is 0 Å². The van der Waals surface area contributed by atoms with Gasteiger partial charge in [0.25, 0.3) is 0 Å². The molecule has 105 valence electrons. The Morgan fingerprint density at radius 1 is 0.529 bits per heavy atom. The molecule has 0 saturated carbocycles. The van der Waals surface area contributed by atoms with Gasteiger partial charge in [0.2, 0.25) is 0 Å². The van der Waals surface area contributed by atoms with Crippen molar-refractivity contribution in [3.05, 3.63) is 6.92 Å². The molecule has 0 unspecified atom stereocenters. The first-order chi connectivity index (χ1) is 7.91. The van der Waals surface area contributed by atoms with Gasteiger partial charge in [0.15, 0.2) is 0 Å². The third kappa shape index (κ3) is 19.2. The van der Waals surface area contributed by atoms with E-state index >= 15 is 0 Å². The molecule has 0 saturated heterocycles. The van der Waals surface area contributed by atoms with E-state index in [-0.39, 0.29) is 19.5 Å². The second-order valence-electron chi connectivity index (χ2n) is 5.10. The van der Waals surface area contributed by atoms with Crippen LogP contribution in [-0.2, 0) is 19.5 Å². The molecule has 0 rings (SSSR count). The molecule has 0 aliphatic rings. The van der Waals surface area contributed by atoms with Gasteiger partial charge in [0, 0.05) is 0 Å². The van der Waals surface area contributed by atoms with Crippen molar-refractivity contribution in [3.8, 4) is 0 Å². The molecule has 0 heterocycles. The molecule has 0 aliphatic carbocycles. The maximum atomic E-state index is 3.87. The summed E-state index contributed by atoms with van der Waals surface area (Å²) in [5.74, 6) is 0. The topological polar surface area (TPSA) is 0 Å². The fourth-order valence-corrected chi connectivity index (χ4v) is 2.19. The third-order valence-electron chi connectivity index (χ3n) is 3.35. The van der Waals surface area contributed by atoms with Crippen LogP contribution < -0.4 is 0 Å². The van der Waals surface area contributed by atoms with Crippen LogP contribution in [0.2, 0.25) is 0 Å². The van der Waals surface area contributed by atoms with Crippen molar-refractivity contribution in [1.29, 1.82) is 0 Å². The zero-order valence-electron chi connectivity index (χ0n) is 12.0. The number of unbranched alkanes of at least 4 members (excludes halogenated alkanes) is 13. The van der Waals surface area contributed by atoms with Gasteiger partial charge in [-0.3, -0.25) is 0 Å². The van der Waals surface area contributed by atoms with E-state index in [4.69, 9.17) is 0 Å². The number of hydrogen-bond acceptors (Lipinski definition) is 0. The Morgan fingerprint density at radius 3 is 1.12 bits per heavy atom. The van der Waals surface area contributed by atoms with Crippen molar-refractivity contribution >= 4 is 0 Å². The molecule has 0 aromatic rings. The summed E-state index contributed by atoms with van der Waals surface area (Å²) < 4.78 is 0. The van der Waals surface area contributed by atoms with E-state index in [2.05, 4.69) is 13.8 Å². The Hall–Kier alpha value is 0.623. The summed E-state index contributed by atoms with van der Waals surface area (Å²) in [6.07, 6.45) is 19.8. The van der Waals surface area contributed by atoms with E-state index in [9.17, 15) is 0 Å². The van der Waals surface area contributed by atoms with Crippen LogP contribution in [0, 0.1) is 6.92 Å². The van der Waals surface area contributed by atoms with Crippen LogP contribution >= 0.6 is 0 Å². The predicted octanol–water partition coefficient (Wildman–Crippen LogP) is 6.30. The standard InChI is InChI=1S/C16H33.Ru/c1-3-5-7-9-11-13-15-16-14-12-10-8-6-4-2;/h1,3-16H2,2H3;/q-1;+1. The first kappa shape index (κ1) is 20.0. The Morgan fingerprint density at radius 2 is 0.824 bits per heavy atom. The number of rotatable bonds is 13. The van der Waals surface area contributed by atoms with Crippen molar-refractivity contribution in [1.82, 2.24) is 0 Å². The van der Waals surface area contributed by atoms with Crippen LogP contribution in [0.15, 0.2) is 0 Å². The van der Waals surface area contributed by atoms with Gasteiger partial charge >= 0.3 is 19.5 Å². The molecule has 0 N–H and O–H groups in total. The minimum absolute atomic E-state index is 0. The maximum Gasteiger partial charge on any atom is 1.00 e. The van der Waals surface area contributed by atoms with Gasteiger partial charge in [-0.25, -0.2) is 0 Å². The molecule has 0 aliphatic heterocycles. The van der Waals surface area contributed by atoms with Crippen LogP contribution in [0.1, 0.15) is 96.8 Å². The van der Waals surface area contributed by atoms with Gasteiger partial charge in [0.05, 0.1) is 0 Å². The van der Waals surface area contributed by atoms with E-state index in [0.29, 0.717) is 0 Å². The molecule has 0 nitrogen and oxygen atoms in total. The van der Waals surface area contributed by atoms with Crippen molar-refractivity contribution < 1.29 is 19.5 Å². The third-order valence-corrected chi connectivity index (χ3v) is 3.35. The summed E-state index contributed by atoms with van der Waals surface area (Å²) in [5, 5.41) is 0. The average Bonchev–Trinajstić information content (AvgIpc) is 2.31. The minimum Gasteiger partial charge on any atom is -0.343 e. The molecule has 0 aromatic carbocycles. The Balaban J connectivity index is 0. The molecule has 17 heavy (non-hydrogen) atoms. The molecule has 0 atom stereocenters. The Bertz CT molecular complexity index is 98.1. The molecular weight excluding hydrogens is 293 g/mol. The first-order valence-electron chi connectivity index (χ1n) is 7.71. The van der Waals surface area contributed by atoms with Crippen molar-refractivity contribution in [2.75, 3.05) is 0 Å². The van der Waals surface area contributed by atoms with Crippen LogP contribution in [0.5, 0.6) is 0 Å². The molecule has 0 fully saturated rings. The normalized spacial score (nSPS) is 10.2. The van der Waals surface area contributed by atoms with Crippen molar-refractivity contribution in [2.24, 2.45) is 0 Å². The summed E-state index contributed by atoms with van der Waals surface area (Å²) in [7, 11) is 0. The molecule has 0 spiro atoms.